The van der Waals surface area contributed by atoms with Gasteiger partial charge < -0.3 is 14.2 Å². The van der Waals surface area contributed by atoms with Crippen LogP contribution in [-0.4, -0.2) is 37.9 Å². The molecule has 0 aromatic carbocycles. The van der Waals surface area contributed by atoms with Gasteiger partial charge in [-0.15, -0.1) is 0 Å². The summed E-state index contributed by atoms with van der Waals surface area (Å²) in [6.07, 6.45) is 48.2. The van der Waals surface area contributed by atoms with E-state index in [1.807, 2.05) is 0 Å². The summed E-state index contributed by atoms with van der Waals surface area (Å²) >= 11 is 0. The van der Waals surface area contributed by atoms with E-state index in [4.69, 9.17) is 14.2 Å². The van der Waals surface area contributed by atoms with Crippen molar-refractivity contribution in [3.8, 4) is 0 Å². The molecule has 0 bridgehead atoms. The molecule has 290 valence electrons. The highest BCUT2D eigenvalue weighted by Gasteiger charge is 2.17. The van der Waals surface area contributed by atoms with Crippen LogP contribution in [0.5, 0.6) is 0 Å². The van der Waals surface area contributed by atoms with Crippen molar-refractivity contribution >= 4 is 11.9 Å². The fourth-order valence-electron chi connectivity index (χ4n) is 5.69. The van der Waals surface area contributed by atoms with Crippen LogP contribution in [0.2, 0.25) is 0 Å². The quantitative estimate of drug-likeness (QED) is 0.0364. The number of unbranched alkanes of at least 4 members (excludes halogenated alkanes) is 19. The fraction of sp³-hybridized carbons (Fsp3) is 0.778. The summed E-state index contributed by atoms with van der Waals surface area (Å²) < 4.78 is 17.2. The zero-order valence-corrected chi connectivity index (χ0v) is 33.2. The van der Waals surface area contributed by atoms with Crippen LogP contribution in [0.15, 0.2) is 48.6 Å². The van der Waals surface area contributed by atoms with E-state index in [9.17, 15) is 9.59 Å². The maximum absolute atomic E-state index is 12.7. The van der Waals surface area contributed by atoms with Crippen molar-refractivity contribution in [1.82, 2.24) is 0 Å². The largest absolute Gasteiger partial charge is 0.462 e. The van der Waals surface area contributed by atoms with Gasteiger partial charge in [0.1, 0.15) is 6.61 Å². The van der Waals surface area contributed by atoms with Crippen molar-refractivity contribution in [2.45, 2.75) is 207 Å². The van der Waals surface area contributed by atoms with Gasteiger partial charge in [0.25, 0.3) is 0 Å². The maximum atomic E-state index is 12.7. The third-order valence-electron chi connectivity index (χ3n) is 8.85. The summed E-state index contributed by atoms with van der Waals surface area (Å²) in [5, 5.41) is 0. The molecule has 0 aromatic rings. The minimum absolute atomic E-state index is 0.0681. The second kappa shape index (κ2) is 41.3. The first-order chi connectivity index (χ1) is 24.6. The van der Waals surface area contributed by atoms with Crippen LogP contribution < -0.4 is 0 Å². The smallest absolute Gasteiger partial charge is 0.306 e. The summed E-state index contributed by atoms with van der Waals surface area (Å²) in [5.74, 6) is -0.442. The number of ether oxygens (including phenoxy) is 3. The molecule has 0 radical (unpaired) electrons. The summed E-state index contributed by atoms with van der Waals surface area (Å²) in [6, 6.07) is 0. The minimum atomic E-state index is -0.545. The summed E-state index contributed by atoms with van der Waals surface area (Å²) in [4.78, 5) is 25.1. The molecule has 5 nitrogen and oxygen atoms in total. The molecular weight excluding hydrogens is 620 g/mol. The number of rotatable bonds is 38. The van der Waals surface area contributed by atoms with E-state index in [0.717, 1.165) is 83.5 Å². The average molecular weight is 701 g/mol. The highest BCUT2D eigenvalue weighted by Crippen LogP contribution is 2.12. The number of hydrogen-bond acceptors (Lipinski definition) is 5. The van der Waals surface area contributed by atoms with Crippen LogP contribution >= 0.6 is 0 Å². The number of allylic oxidation sites excluding steroid dienone is 8. The first-order valence-corrected chi connectivity index (χ1v) is 21.2. The zero-order valence-electron chi connectivity index (χ0n) is 33.2. The normalized spacial score (nSPS) is 12.6. The van der Waals surface area contributed by atoms with Crippen molar-refractivity contribution in [1.29, 1.82) is 0 Å². The van der Waals surface area contributed by atoms with Crippen molar-refractivity contribution in [3.63, 3.8) is 0 Å². The van der Waals surface area contributed by atoms with Crippen LogP contribution in [0.1, 0.15) is 201 Å². The number of esters is 2. The Kier molecular flexibility index (Phi) is 39.5. The Labute approximate surface area is 310 Å². The lowest BCUT2D eigenvalue weighted by molar-refractivity contribution is -0.163. The predicted molar refractivity (Wildman–Crippen MR) is 215 cm³/mol. The van der Waals surface area contributed by atoms with Gasteiger partial charge in [-0.05, 0) is 77.0 Å². The monoisotopic (exact) mass is 701 g/mol. The third kappa shape index (κ3) is 38.7. The summed E-state index contributed by atoms with van der Waals surface area (Å²) in [5.41, 5.74) is 0. The molecule has 0 aliphatic heterocycles. The minimum Gasteiger partial charge on any atom is -0.462 e. The Morgan fingerprint density at radius 1 is 0.460 bits per heavy atom. The lowest BCUT2D eigenvalue weighted by Crippen LogP contribution is -2.30. The molecule has 0 rings (SSSR count). The van der Waals surface area contributed by atoms with Gasteiger partial charge in [-0.25, -0.2) is 0 Å². The number of carbonyl (C=O) groups excluding carboxylic acids is 2. The lowest BCUT2D eigenvalue weighted by atomic mass is 10.1. The van der Waals surface area contributed by atoms with Gasteiger partial charge in [-0.2, -0.15) is 0 Å². The molecule has 0 saturated carbocycles. The van der Waals surface area contributed by atoms with Gasteiger partial charge in [-0.3, -0.25) is 9.59 Å². The van der Waals surface area contributed by atoms with E-state index >= 15 is 0 Å². The molecule has 0 aromatic heterocycles. The van der Waals surface area contributed by atoms with Crippen LogP contribution in [0, 0.1) is 0 Å². The van der Waals surface area contributed by atoms with E-state index in [1.165, 1.54) is 83.5 Å². The van der Waals surface area contributed by atoms with Gasteiger partial charge in [0.05, 0.1) is 6.61 Å². The SMILES string of the molecule is CC/C=C\C/C=C\C/C=C\CCCCCC(=O)OCC(COCCCCCCCCCC)OC(=O)CCCCCCC/C=C\CCCCCC. The van der Waals surface area contributed by atoms with Crippen LogP contribution in [0.3, 0.4) is 0 Å². The summed E-state index contributed by atoms with van der Waals surface area (Å²) in [7, 11) is 0. The van der Waals surface area contributed by atoms with Gasteiger partial charge in [0.15, 0.2) is 6.10 Å². The van der Waals surface area contributed by atoms with E-state index in [2.05, 4.69) is 69.4 Å². The van der Waals surface area contributed by atoms with Crippen molar-refractivity contribution < 1.29 is 23.8 Å². The first kappa shape index (κ1) is 47.9. The molecule has 50 heavy (non-hydrogen) atoms. The highest BCUT2D eigenvalue weighted by molar-refractivity contribution is 5.70. The Bertz CT molecular complexity index is 842. The van der Waals surface area contributed by atoms with E-state index in [1.54, 1.807) is 0 Å². The van der Waals surface area contributed by atoms with Gasteiger partial charge in [-0.1, -0.05) is 159 Å². The molecule has 0 N–H and O–H groups in total. The molecule has 0 saturated heterocycles. The average Bonchev–Trinajstić information content (AvgIpc) is 3.11. The molecule has 0 aliphatic rings. The molecule has 1 atom stereocenters. The van der Waals surface area contributed by atoms with Crippen LogP contribution in [0.4, 0.5) is 0 Å². The third-order valence-corrected chi connectivity index (χ3v) is 8.85. The van der Waals surface area contributed by atoms with E-state index < -0.39 is 6.10 Å². The maximum Gasteiger partial charge on any atom is 0.306 e. The van der Waals surface area contributed by atoms with Crippen molar-refractivity contribution in [3.05, 3.63) is 48.6 Å². The Morgan fingerprint density at radius 3 is 1.50 bits per heavy atom. The number of carbonyl (C=O) groups is 2. The van der Waals surface area contributed by atoms with Crippen molar-refractivity contribution in [2.24, 2.45) is 0 Å². The molecule has 0 fully saturated rings. The Hall–Kier alpha value is -2.14. The Morgan fingerprint density at radius 2 is 0.900 bits per heavy atom. The van der Waals surface area contributed by atoms with Crippen LogP contribution in [-0.2, 0) is 23.8 Å². The molecule has 1 unspecified atom stereocenters. The van der Waals surface area contributed by atoms with Gasteiger partial charge in [0, 0.05) is 19.4 Å². The first-order valence-electron chi connectivity index (χ1n) is 21.2. The predicted octanol–water partition coefficient (Wildman–Crippen LogP) is 13.7. The van der Waals surface area contributed by atoms with Crippen LogP contribution in [0.25, 0.3) is 0 Å². The fourth-order valence-corrected chi connectivity index (χ4v) is 5.69. The second-order valence-corrected chi connectivity index (χ2v) is 13.9. The highest BCUT2D eigenvalue weighted by atomic mass is 16.6. The zero-order chi connectivity index (χ0) is 36.4. The second-order valence-electron chi connectivity index (χ2n) is 13.9. The van der Waals surface area contributed by atoms with E-state index in [0.29, 0.717) is 19.4 Å². The standard InChI is InChI=1S/C45H80O5/c1-4-7-10-13-16-19-21-23-25-27-29-32-35-38-44(46)49-42-43(41-48-40-37-34-31-18-15-12-9-6-3)50-45(47)39-36-33-30-28-26-24-22-20-17-14-11-8-5-2/h7,10,16,19-20,22-23,25,43H,4-6,8-9,11-15,17-18,21,24,26-42H2,1-3H3/b10-7-,19-16-,22-20-,25-23-. The molecule has 0 spiro atoms. The number of hydrogen-bond donors (Lipinski definition) is 0. The topological polar surface area (TPSA) is 61.8 Å². The Balaban J connectivity index is 4.27. The van der Waals surface area contributed by atoms with Gasteiger partial charge in [0.2, 0.25) is 0 Å². The summed E-state index contributed by atoms with van der Waals surface area (Å²) in [6.45, 7) is 7.64. The molecule has 5 heteroatoms. The molecule has 0 amide bonds. The van der Waals surface area contributed by atoms with E-state index in [-0.39, 0.29) is 25.2 Å². The van der Waals surface area contributed by atoms with Crippen molar-refractivity contribution in [2.75, 3.05) is 19.8 Å². The lowest BCUT2D eigenvalue weighted by Gasteiger charge is -2.18. The van der Waals surface area contributed by atoms with Gasteiger partial charge >= 0.3 is 11.9 Å². The molecule has 0 heterocycles. The molecular formula is C45H80O5. The molecule has 0 aliphatic carbocycles.